The van der Waals surface area contributed by atoms with Crippen molar-refractivity contribution in [2.75, 3.05) is 6.67 Å². The first-order chi connectivity index (χ1) is 9.62. The van der Waals surface area contributed by atoms with Crippen molar-refractivity contribution in [3.05, 3.63) is 35.6 Å². The van der Waals surface area contributed by atoms with Crippen molar-refractivity contribution in [3.8, 4) is 0 Å². The van der Waals surface area contributed by atoms with Crippen LogP contribution in [-0.4, -0.2) is 27.1 Å². The Hall–Kier alpha value is -1.18. The first kappa shape index (κ1) is 17.9. The summed E-state index contributed by atoms with van der Waals surface area (Å²) in [6.07, 6.45) is -0.716. The fourth-order valence-corrected chi connectivity index (χ4v) is 2.67. The van der Waals surface area contributed by atoms with E-state index in [1.165, 1.54) is 18.2 Å². The van der Waals surface area contributed by atoms with Crippen LogP contribution in [0.2, 0.25) is 0 Å². The largest absolute Gasteiger partial charge is 0.598 e. The van der Waals surface area contributed by atoms with Gasteiger partial charge in [-0.05, 0) is 26.8 Å². The van der Waals surface area contributed by atoms with Crippen molar-refractivity contribution in [3.63, 3.8) is 0 Å². The molecule has 0 saturated carbocycles. The zero-order valence-corrected chi connectivity index (χ0v) is 13.0. The van der Waals surface area contributed by atoms with Crippen LogP contribution in [-0.2, 0) is 21.7 Å². The number of carboxylic acid groups (broad SMARTS) is 1. The number of nitrogens with one attached hydrogen (secondary N) is 1. The highest BCUT2D eigenvalue weighted by Gasteiger charge is 2.44. The molecule has 0 fully saturated rings. The fourth-order valence-electron chi connectivity index (χ4n) is 1.77. The van der Waals surface area contributed by atoms with Crippen molar-refractivity contribution in [2.24, 2.45) is 0 Å². The normalized spacial score (nSPS) is 16.3. The van der Waals surface area contributed by atoms with E-state index >= 15 is 0 Å². The molecule has 1 rings (SSSR count). The maximum Gasteiger partial charge on any atom is 0.305 e. The molecule has 0 aromatic heterocycles. The van der Waals surface area contributed by atoms with E-state index in [0.29, 0.717) is 0 Å². The number of rotatable bonds is 6. The minimum Gasteiger partial charge on any atom is -0.598 e. The van der Waals surface area contributed by atoms with Crippen LogP contribution >= 0.6 is 0 Å². The summed E-state index contributed by atoms with van der Waals surface area (Å²) in [5.41, 5.74) is -2.01. The lowest BCUT2D eigenvalue weighted by Crippen LogP contribution is -2.54. The molecule has 0 amide bonds. The molecule has 0 bridgehead atoms. The quantitative estimate of drug-likeness (QED) is 0.790. The maximum atomic E-state index is 14.0. The van der Waals surface area contributed by atoms with Gasteiger partial charge in [0.05, 0.1) is 6.42 Å². The van der Waals surface area contributed by atoms with Gasteiger partial charge in [-0.3, -0.25) is 4.79 Å². The summed E-state index contributed by atoms with van der Waals surface area (Å²) >= 11 is -1.75. The van der Waals surface area contributed by atoms with Crippen molar-refractivity contribution in [1.29, 1.82) is 0 Å². The summed E-state index contributed by atoms with van der Waals surface area (Å²) in [6.45, 7) is 3.77. The van der Waals surface area contributed by atoms with E-state index < -0.39 is 46.5 Å². The van der Waals surface area contributed by atoms with Gasteiger partial charge in [0.25, 0.3) is 0 Å². The summed E-state index contributed by atoms with van der Waals surface area (Å²) in [6, 6.07) is 5.31. The number of halogens is 2. The molecule has 118 valence electrons. The number of alkyl halides is 1. The third-order valence-electron chi connectivity index (χ3n) is 2.91. The van der Waals surface area contributed by atoms with Gasteiger partial charge in [0.2, 0.25) is 0 Å². The van der Waals surface area contributed by atoms with Crippen molar-refractivity contribution in [1.82, 2.24) is 4.72 Å². The van der Waals surface area contributed by atoms with Gasteiger partial charge in [0.1, 0.15) is 22.8 Å². The average molecular weight is 319 g/mol. The van der Waals surface area contributed by atoms with E-state index in [-0.39, 0.29) is 5.56 Å². The van der Waals surface area contributed by atoms with Crippen LogP contribution in [0, 0.1) is 5.82 Å². The summed E-state index contributed by atoms with van der Waals surface area (Å²) in [4.78, 5) is 11.1. The lowest BCUT2D eigenvalue weighted by molar-refractivity contribution is -0.138. The monoisotopic (exact) mass is 319 g/mol. The average Bonchev–Trinajstić information content (AvgIpc) is 2.36. The van der Waals surface area contributed by atoms with Gasteiger partial charge in [0.15, 0.2) is 0 Å². The van der Waals surface area contributed by atoms with E-state index in [4.69, 9.17) is 5.11 Å². The molecule has 0 radical (unpaired) electrons. The summed E-state index contributed by atoms with van der Waals surface area (Å²) in [5, 5.41) is 9.02. The van der Waals surface area contributed by atoms with Gasteiger partial charge in [-0.1, -0.05) is 18.2 Å². The molecule has 2 N–H and O–H groups in total. The number of hydrogen-bond donors (Lipinski definition) is 2. The predicted molar refractivity (Wildman–Crippen MR) is 77.3 cm³/mol. The predicted octanol–water partition coefficient (Wildman–Crippen LogP) is 2.52. The molecule has 7 heteroatoms. The molecule has 0 aliphatic heterocycles. The van der Waals surface area contributed by atoms with E-state index in [9.17, 15) is 18.1 Å². The van der Waals surface area contributed by atoms with Gasteiger partial charge in [-0.15, -0.1) is 4.72 Å². The number of hydrogen-bond acceptors (Lipinski definition) is 3. The van der Waals surface area contributed by atoms with Crippen LogP contribution in [0.1, 0.15) is 32.8 Å². The molecule has 4 nitrogen and oxygen atoms in total. The Balaban J connectivity index is 3.29. The first-order valence-corrected chi connectivity index (χ1v) is 7.50. The number of carboxylic acids is 1. The summed E-state index contributed by atoms with van der Waals surface area (Å²) < 4.78 is 41.6. The van der Waals surface area contributed by atoms with E-state index in [0.717, 1.165) is 6.07 Å². The topological polar surface area (TPSA) is 72.4 Å². The molecule has 1 aromatic rings. The summed E-state index contributed by atoms with van der Waals surface area (Å²) in [7, 11) is 0. The minimum absolute atomic E-state index is 0.146. The molecule has 0 saturated heterocycles. The minimum atomic E-state index is -1.87. The maximum absolute atomic E-state index is 14.0. The Labute approximate surface area is 125 Å². The Morgan fingerprint density at radius 3 is 2.38 bits per heavy atom. The lowest BCUT2D eigenvalue weighted by atomic mass is 9.88. The first-order valence-electron chi connectivity index (χ1n) is 6.35. The number of benzene rings is 1. The zero-order valence-electron chi connectivity index (χ0n) is 12.2. The lowest BCUT2D eigenvalue weighted by Gasteiger charge is -2.35. The molecular weight excluding hydrogens is 300 g/mol. The van der Waals surface area contributed by atoms with Gasteiger partial charge in [-0.25, -0.2) is 8.78 Å². The smallest absolute Gasteiger partial charge is 0.305 e. The van der Waals surface area contributed by atoms with Gasteiger partial charge >= 0.3 is 5.97 Å². The SMILES string of the molecule is CC(C)(C)[S@@+]([O-])N[C@@](CF)(CC(=O)O)c1ccccc1F. The van der Waals surface area contributed by atoms with Crippen molar-refractivity contribution < 1.29 is 23.2 Å². The third-order valence-corrected chi connectivity index (χ3v) is 4.60. The molecule has 2 atom stereocenters. The highest BCUT2D eigenvalue weighted by atomic mass is 32.2. The molecule has 0 spiro atoms. The number of carbonyl (C=O) groups is 1. The molecule has 0 heterocycles. The zero-order chi connectivity index (χ0) is 16.3. The Bertz CT molecular complexity index is 507. The van der Waals surface area contributed by atoms with Gasteiger partial charge < -0.3 is 9.66 Å². The van der Waals surface area contributed by atoms with Gasteiger partial charge in [0, 0.05) is 16.9 Å². The van der Waals surface area contributed by atoms with Crippen molar-refractivity contribution in [2.45, 2.75) is 37.5 Å². The van der Waals surface area contributed by atoms with Gasteiger partial charge in [-0.2, -0.15) is 0 Å². The van der Waals surface area contributed by atoms with Crippen LogP contribution < -0.4 is 4.72 Å². The Morgan fingerprint density at radius 1 is 1.38 bits per heavy atom. The highest BCUT2D eigenvalue weighted by molar-refractivity contribution is 7.90. The molecule has 0 unspecified atom stereocenters. The third kappa shape index (κ3) is 4.39. The highest BCUT2D eigenvalue weighted by Crippen LogP contribution is 2.31. The second kappa shape index (κ2) is 6.72. The van der Waals surface area contributed by atoms with Crippen LogP contribution in [0.5, 0.6) is 0 Å². The van der Waals surface area contributed by atoms with E-state index in [1.807, 2.05) is 0 Å². The van der Waals surface area contributed by atoms with E-state index in [2.05, 4.69) is 4.72 Å². The second-order valence-corrected chi connectivity index (χ2v) is 7.72. The van der Waals surface area contributed by atoms with Crippen LogP contribution in [0.25, 0.3) is 0 Å². The Morgan fingerprint density at radius 2 is 1.95 bits per heavy atom. The number of aliphatic carboxylic acids is 1. The van der Waals surface area contributed by atoms with Crippen LogP contribution in [0.15, 0.2) is 24.3 Å². The summed E-state index contributed by atoms with van der Waals surface area (Å²) in [5.74, 6) is -2.05. The fraction of sp³-hybridized carbons (Fsp3) is 0.500. The second-order valence-electron chi connectivity index (χ2n) is 5.75. The molecule has 21 heavy (non-hydrogen) atoms. The van der Waals surface area contributed by atoms with Crippen LogP contribution in [0.3, 0.4) is 0 Å². The molecular formula is C14H19F2NO3S. The molecule has 1 aromatic carbocycles. The Kier molecular flexibility index (Phi) is 5.72. The van der Waals surface area contributed by atoms with Crippen LogP contribution in [0.4, 0.5) is 8.78 Å². The van der Waals surface area contributed by atoms with Crippen molar-refractivity contribution >= 4 is 17.3 Å². The van der Waals surface area contributed by atoms with E-state index in [1.54, 1.807) is 20.8 Å². The molecule has 0 aliphatic rings. The standard InChI is InChI=1S/C14H19F2NO3S/c1-13(2,3)21(20)17-14(9-15,8-12(18)19)10-6-4-5-7-11(10)16/h4-7,17H,8-9H2,1-3H3,(H,18,19)/t14-,21-/m1/s1. The molecule has 0 aliphatic carbocycles.